The van der Waals surface area contributed by atoms with E-state index in [1.807, 2.05) is 45.0 Å². The number of hydrogen-bond acceptors (Lipinski definition) is 17. The van der Waals surface area contributed by atoms with E-state index in [1.54, 1.807) is 41.6 Å². The van der Waals surface area contributed by atoms with Crippen molar-refractivity contribution < 1.29 is 45.5 Å². The number of fused-ring (bicyclic) bond motifs is 4. The number of anilines is 4. The smallest absolute Gasteiger partial charge is 0.410 e. The Balaban J connectivity index is 0.000000203. The number of ether oxygens (including phenoxy) is 1. The topological polar surface area (TPSA) is 259 Å². The van der Waals surface area contributed by atoms with Gasteiger partial charge < -0.3 is 46.0 Å². The number of sulfone groups is 2. The second-order valence-electron chi connectivity index (χ2n) is 21.3. The number of thiazole rings is 2. The number of carbonyl (C=O) groups excluding carboxylic acids is 5. The molecule has 0 aliphatic carbocycles. The standard InChI is InChI=1S/C33H33N5O6S2.C28H25N5O4S2.CH2Cl2.ClH/c1-33(2,3)44-32(41)38-16-14-37(15-17-38)23-11-8-21(9-12-23)31-35-20-24(45-31)19-34-29(39)22-10-13-28-26(18-22)36-30(40)25-6-4-5-7-27(25)46(28,42)43;34-26(19-7-10-25-23(15-19)32-27(35)22-3-1-2-4-24(22)39(25,36)37)30-16-21-17-31-28(38-21)18-5-8-20(9-6-18)33-13-11-29-12-14-33;2-1-3;/h4-13,18,20H,14-17,19H2,1-3H3,(H,34,39)(H,36,40);1-10,15,17,29H,11-14,16H2,(H,30,34)(H,32,35);1H2;1H. The lowest BCUT2D eigenvalue weighted by Gasteiger charge is -2.36. The van der Waals surface area contributed by atoms with Crippen LogP contribution in [0.1, 0.15) is 72.0 Å². The molecule has 4 aliphatic heterocycles. The summed E-state index contributed by atoms with van der Waals surface area (Å²) in [5.74, 6) is -1.89. The summed E-state index contributed by atoms with van der Waals surface area (Å²) in [5, 5.41) is 16.2. The minimum Gasteiger partial charge on any atom is -0.444 e. The molecule has 20 nitrogen and oxygen atoms in total. The van der Waals surface area contributed by atoms with Gasteiger partial charge in [0, 0.05) is 108 Å². The van der Waals surface area contributed by atoms with Gasteiger partial charge in [-0.05, 0) is 130 Å². The summed E-state index contributed by atoms with van der Waals surface area (Å²) >= 11 is 12.5. The van der Waals surface area contributed by atoms with Crippen LogP contribution in [0.5, 0.6) is 0 Å². The monoisotopic (exact) mass is 1340 g/mol. The van der Waals surface area contributed by atoms with Crippen LogP contribution in [0.2, 0.25) is 0 Å². The first-order valence-corrected chi connectivity index (χ1v) is 33.4. The fourth-order valence-electron chi connectivity index (χ4n) is 10.0. The number of alkyl halides is 2. The molecule has 464 valence electrons. The minimum atomic E-state index is -3.96. The lowest BCUT2D eigenvalue weighted by molar-refractivity contribution is 0.0240. The van der Waals surface area contributed by atoms with Crippen molar-refractivity contribution in [2.45, 2.75) is 59.0 Å². The van der Waals surface area contributed by atoms with E-state index in [0.717, 1.165) is 62.8 Å². The van der Waals surface area contributed by atoms with Crippen LogP contribution in [0.15, 0.2) is 165 Å². The van der Waals surface area contributed by atoms with Gasteiger partial charge in [-0.15, -0.1) is 58.3 Å². The lowest BCUT2D eigenvalue weighted by Crippen LogP contribution is -2.50. The maximum Gasteiger partial charge on any atom is 0.410 e. The second-order valence-corrected chi connectivity index (χ2v) is 28.2. The summed E-state index contributed by atoms with van der Waals surface area (Å²) in [6.07, 6.45) is 3.17. The summed E-state index contributed by atoms with van der Waals surface area (Å²) < 4.78 is 58.3. The SMILES string of the molecule is CC(C)(C)OC(=O)N1CCN(c2ccc(-c3ncc(CNC(=O)c4ccc5c(c4)NC(=O)c4ccccc4S5(=O)=O)s3)cc2)CC1.Cl.ClCCl.O=C(NCc1cnc(-c2ccc(N3CCNCC3)cc2)s1)c1ccc2c(c1)NC(=O)c1ccccc1S2(=O)=O. The zero-order chi connectivity index (χ0) is 62.3. The van der Waals surface area contributed by atoms with Crippen molar-refractivity contribution in [3.63, 3.8) is 0 Å². The molecule has 2 aromatic heterocycles. The number of halogens is 3. The molecule has 6 aromatic carbocycles. The Morgan fingerprint density at radius 1 is 0.573 bits per heavy atom. The molecule has 0 radical (unpaired) electrons. The Hall–Kier alpha value is -7.94. The van der Waals surface area contributed by atoms with Crippen molar-refractivity contribution in [3.8, 4) is 21.1 Å². The largest absolute Gasteiger partial charge is 0.444 e. The predicted octanol–water partition coefficient (Wildman–Crippen LogP) is 10.6. The van der Waals surface area contributed by atoms with Crippen LogP contribution >= 0.6 is 58.3 Å². The number of aromatic nitrogens is 2. The minimum absolute atomic E-state index is 0. The number of rotatable bonds is 10. The lowest BCUT2D eigenvalue weighted by atomic mass is 10.1. The highest BCUT2D eigenvalue weighted by Gasteiger charge is 2.34. The number of hydrogen-bond donors (Lipinski definition) is 5. The van der Waals surface area contributed by atoms with Gasteiger partial charge in [-0.2, -0.15) is 0 Å². The van der Waals surface area contributed by atoms with E-state index in [2.05, 4.69) is 70.6 Å². The molecule has 12 rings (SSSR count). The van der Waals surface area contributed by atoms with Crippen molar-refractivity contribution in [2.75, 3.05) is 78.1 Å². The van der Waals surface area contributed by atoms with Crippen LogP contribution in [-0.2, 0) is 37.5 Å². The molecule has 0 atom stereocenters. The number of amides is 5. The van der Waals surface area contributed by atoms with E-state index in [9.17, 15) is 40.8 Å². The van der Waals surface area contributed by atoms with Crippen molar-refractivity contribution >= 4 is 130 Å². The van der Waals surface area contributed by atoms with Crippen LogP contribution in [0, 0.1) is 0 Å². The second kappa shape index (κ2) is 28.3. The first-order chi connectivity index (χ1) is 42.2. The van der Waals surface area contributed by atoms with Gasteiger partial charge >= 0.3 is 6.09 Å². The van der Waals surface area contributed by atoms with Crippen molar-refractivity contribution in [2.24, 2.45) is 0 Å². The van der Waals surface area contributed by atoms with E-state index in [0.29, 0.717) is 26.2 Å². The normalized spacial score (nSPS) is 15.3. The molecule has 0 saturated carbocycles. The van der Waals surface area contributed by atoms with Gasteiger partial charge in [0.1, 0.15) is 15.6 Å². The third-order valence-electron chi connectivity index (χ3n) is 14.4. The fourth-order valence-corrected chi connectivity index (χ4v) is 14.9. The van der Waals surface area contributed by atoms with Crippen LogP contribution in [0.25, 0.3) is 21.1 Å². The highest BCUT2D eigenvalue weighted by molar-refractivity contribution is 7.92. The van der Waals surface area contributed by atoms with Crippen molar-refractivity contribution in [1.29, 1.82) is 0 Å². The zero-order valence-corrected chi connectivity index (χ0v) is 53.8. The average molecular weight is 1340 g/mol. The molecule has 0 bridgehead atoms. The van der Waals surface area contributed by atoms with E-state index in [1.165, 1.54) is 89.0 Å². The molecule has 89 heavy (non-hydrogen) atoms. The molecule has 0 spiro atoms. The van der Waals surface area contributed by atoms with E-state index >= 15 is 0 Å². The molecule has 2 saturated heterocycles. The molecule has 5 N–H and O–H groups in total. The van der Waals surface area contributed by atoms with Gasteiger partial charge in [-0.1, -0.05) is 24.3 Å². The number of carbonyl (C=O) groups is 5. The predicted molar refractivity (Wildman–Crippen MR) is 349 cm³/mol. The molecular formula is C62H61Cl3N10O10S4. The number of nitrogens with one attached hydrogen (secondary N) is 5. The van der Waals surface area contributed by atoms with Crippen LogP contribution in [0.3, 0.4) is 0 Å². The Morgan fingerprint density at radius 3 is 1.39 bits per heavy atom. The van der Waals surface area contributed by atoms with Gasteiger partial charge in [-0.25, -0.2) is 31.6 Å². The molecule has 5 amide bonds. The van der Waals surface area contributed by atoms with Gasteiger partial charge in [-0.3, -0.25) is 19.2 Å². The highest BCUT2D eigenvalue weighted by Crippen LogP contribution is 2.37. The van der Waals surface area contributed by atoms with Crippen LogP contribution in [-0.4, -0.2) is 125 Å². The van der Waals surface area contributed by atoms with E-state index in [4.69, 9.17) is 27.9 Å². The summed E-state index contributed by atoms with van der Waals surface area (Å²) in [6, 6.07) is 36.9. The molecule has 2 fully saturated rings. The summed E-state index contributed by atoms with van der Waals surface area (Å²) in [6.45, 7) is 12.6. The number of nitrogens with zero attached hydrogens (tertiary/aromatic N) is 5. The van der Waals surface area contributed by atoms with Crippen molar-refractivity contribution in [3.05, 3.63) is 178 Å². The Morgan fingerprint density at radius 2 is 0.978 bits per heavy atom. The first-order valence-electron chi connectivity index (χ1n) is 27.8. The van der Waals surface area contributed by atoms with Crippen LogP contribution in [0.4, 0.5) is 27.5 Å². The Kier molecular flexibility index (Phi) is 20.8. The molecule has 27 heteroatoms. The maximum atomic E-state index is 13.2. The van der Waals surface area contributed by atoms with Crippen LogP contribution < -0.4 is 36.4 Å². The summed E-state index contributed by atoms with van der Waals surface area (Å²) in [7, 11) is -7.88. The molecular weight excluding hydrogens is 1280 g/mol. The van der Waals surface area contributed by atoms with E-state index < -0.39 is 43.0 Å². The summed E-state index contributed by atoms with van der Waals surface area (Å²) in [5.41, 5.74) is 4.41. The van der Waals surface area contributed by atoms with Gasteiger partial charge in [0.25, 0.3) is 23.6 Å². The zero-order valence-electron chi connectivity index (χ0n) is 48.3. The summed E-state index contributed by atoms with van der Waals surface area (Å²) in [4.78, 5) is 80.6. The fraction of sp³-hybridized carbons (Fsp3) is 0.242. The van der Waals surface area contributed by atoms with E-state index in [-0.39, 0.29) is 96.0 Å². The maximum absolute atomic E-state index is 13.2. The van der Waals surface area contributed by atoms with Gasteiger partial charge in [0.05, 0.1) is 60.5 Å². The molecule has 0 unspecified atom stereocenters. The number of piperazine rings is 2. The number of benzene rings is 6. The third kappa shape index (κ3) is 15.2. The quantitative estimate of drug-likeness (QED) is 0.0798. The highest BCUT2D eigenvalue weighted by atomic mass is 35.5. The third-order valence-corrected chi connectivity index (χ3v) is 20.2. The Bertz CT molecular complexity index is 4170. The molecule has 4 aliphatic rings. The van der Waals surface area contributed by atoms with Crippen molar-refractivity contribution in [1.82, 2.24) is 30.8 Å². The molecule has 6 heterocycles. The average Bonchev–Trinajstić information content (AvgIpc) is 1.75. The molecule has 8 aromatic rings. The first kappa shape index (κ1) is 65.5. The Labute approximate surface area is 539 Å². The van der Waals surface area contributed by atoms with Gasteiger partial charge in [0.2, 0.25) is 19.7 Å². The van der Waals surface area contributed by atoms with Gasteiger partial charge in [0.15, 0.2) is 0 Å².